The maximum Gasteiger partial charge on any atom is 0.259 e. The van der Waals surface area contributed by atoms with E-state index < -0.39 is 5.91 Å². The molecule has 0 unspecified atom stereocenters. The van der Waals surface area contributed by atoms with Crippen LogP contribution in [0.3, 0.4) is 0 Å². The summed E-state index contributed by atoms with van der Waals surface area (Å²) in [7, 11) is 0. The third-order valence-electron chi connectivity index (χ3n) is 2.24. The summed E-state index contributed by atoms with van der Waals surface area (Å²) < 4.78 is 10.3. The van der Waals surface area contributed by atoms with E-state index in [9.17, 15) is 9.59 Å². The van der Waals surface area contributed by atoms with Crippen molar-refractivity contribution in [3.8, 4) is 5.75 Å². The number of nitrogens with one attached hydrogen (secondary N) is 2. The summed E-state index contributed by atoms with van der Waals surface area (Å²) in [5.74, 6) is 4.78. The first-order chi connectivity index (χ1) is 9.65. The Morgan fingerprint density at radius 2 is 1.80 bits per heavy atom. The number of anilines is 1. The molecular weight excluding hydrogens is 262 g/mol. The van der Waals surface area contributed by atoms with E-state index in [1.165, 1.54) is 0 Å². The Labute approximate surface area is 117 Å². The van der Waals surface area contributed by atoms with E-state index in [4.69, 9.17) is 15.3 Å². The molecule has 110 valence electrons. The number of carbonyl (C=O) groups excluding carboxylic acids is 2. The average Bonchev–Trinajstić information content (AvgIpc) is 2.46. The fourth-order valence-electron chi connectivity index (χ4n) is 1.33. The Balaban J connectivity index is 2.32. The minimum Gasteiger partial charge on any atom is -0.494 e. The van der Waals surface area contributed by atoms with Crippen LogP contribution in [-0.4, -0.2) is 31.6 Å². The van der Waals surface area contributed by atoms with Gasteiger partial charge in [-0.25, -0.2) is 5.84 Å². The summed E-state index contributed by atoms with van der Waals surface area (Å²) >= 11 is 0. The van der Waals surface area contributed by atoms with E-state index in [0.717, 1.165) is 12.2 Å². The number of nitrogens with two attached hydrogens (primary N) is 1. The highest BCUT2D eigenvalue weighted by molar-refractivity contribution is 5.91. The summed E-state index contributed by atoms with van der Waals surface area (Å²) in [6.45, 7) is 2.21. The van der Waals surface area contributed by atoms with Gasteiger partial charge in [-0.05, 0) is 30.7 Å². The second-order valence-electron chi connectivity index (χ2n) is 3.98. The Morgan fingerprint density at radius 1 is 1.15 bits per heavy atom. The molecule has 0 radical (unpaired) electrons. The van der Waals surface area contributed by atoms with Gasteiger partial charge in [-0.1, -0.05) is 6.92 Å². The molecule has 0 atom stereocenters. The largest absolute Gasteiger partial charge is 0.494 e. The Kier molecular flexibility index (Phi) is 7.08. The lowest BCUT2D eigenvalue weighted by Crippen LogP contribution is -2.34. The van der Waals surface area contributed by atoms with Gasteiger partial charge in [0.15, 0.2) is 0 Å². The zero-order valence-corrected chi connectivity index (χ0v) is 11.3. The van der Waals surface area contributed by atoms with Crippen LogP contribution in [0.25, 0.3) is 0 Å². The molecule has 4 N–H and O–H groups in total. The van der Waals surface area contributed by atoms with Gasteiger partial charge in [0, 0.05) is 5.69 Å². The molecule has 7 heteroatoms. The second kappa shape index (κ2) is 8.89. The van der Waals surface area contributed by atoms with Crippen LogP contribution in [-0.2, 0) is 14.3 Å². The lowest BCUT2D eigenvalue weighted by Gasteiger charge is -2.08. The number of hydrogen-bond acceptors (Lipinski definition) is 5. The van der Waals surface area contributed by atoms with Crippen LogP contribution >= 0.6 is 0 Å². The minimum atomic E-state index is -0.491. The molecule has 2 amide bonds. The van der Waals surface area contributed by atoms with Gasteiger partial charge in [0.05, 0.1) is 6.61 Å². The molecule has 1 aromatic carbocycles. The Bertz CT molecular complexity index is 434. The first-order valence-electron chi connectivity index (χ1n) is 6.25. The zero-order valence-electron chi connectivity index (χ0n) is 11.3. The predicted octanol–water partition coefficient (Wildman–Crippen LogP) is 0.420. The summed E-state index contributed by atoms with van der Waals surface area (Å²) in [6.07, 6.45) is 0.937. The predicted molar refractivity (Wildman–Crippen MR) is 74.0 cm³/mol. The summed E-state index contributed by atoms with van der Waals surface area (Å²) in [5, 5.41) is 2.63. The summed E-state index contributed by atoms with van der Waals surface area (Å²) in [6, 6.07) is 7.01. The first kappa shape index (κ1) is 15.9. The fraction of sp³-hybridized carbons (Fsp3) is 0.385. The van der Waals surface area contributed by atoms with Crippen LogP contribution < -0.4 is 21.3 Å². The van der Waals surface area contributed by atoms with E-state index >= 15 is 0 Å². The van der Waals surface area contributed by atoms with Gasteiger partial charge in [0.1, 0.15) is 19.0 Å². The lowest BCUT2D eigenvalue weighted by molar-refractivity contribution is -0.128. The molecule has 0 saturated heterocycles. The van der Waals surface area contributed by atoms with Gasteiger partial charge in [0.25, 0.3) is 5.91 Å². The van der Waals surface area contributed by atoms with Crippen molar-refractivity contribution >= 4 is 17.5 Å². The summed E-state index contributed by atoms with van der Waals surface area (Å²) in [4.78, 5) is 22.3. The molecule has 1 aromatic rings. The Morgan fingerprint density at radius 3 is 2.40 bits per heavy atom. The van der Waals surface area contributed by atoms with Crippen LogP contribution in [0.5, 0.6) is 5.75 Å². The maximum absolute atomic E-state index is 11.5. The first-order valence-corrected chi connectivity index (χ1v) is 6.25. The third kappa shape index (κ3) is 6.17. The van der Waals surface area contributed by atoms with E-state index in [1.54, 1.807) is 24.3 Å². The van der Waals surface area contributed by atoms with Gasteiger partial charge >= 0.3 is 0 Å². The average molecular weight is 281 g/mol. The minimum absolute atomic E-state index is 0.221. The van der Waals surface area contributed by atoms with Crippen LogP contribution in [0.2, 0.25) is 0 Å². The van der Waals surface area contributed by atoms with E-state index in [0.29, 0.717) is 12.3 Å². The maximum atomic E-state index is 11.5. The molecule has 0 spiro atoms. The van der Waals surface area contributed by atoms with Crippen molar-refractivity contribution in [3.05, 3.63) is 24.3 Å². The number of amides is 2. The molecule has 0 aliphatic rings. The monoisotopic (exact) mass is 281 g/mol. The van der Waals surface area contributed by atoms with Gasteiger partial charge in [-0.2, -0.15) is 0 Å². The molecule has 20 heavy (non-hydrogen) atoms. The van der Waals surface area contributed by atoms with Crippen molar-refractivity contribution in [1.82, 2.24) is 5.43 Å². The van der Waals surface area contributed by atoms with Gasteiger partial charge in [-0.3, -0.25) is 15.0 Å². The highest BCUT2D eigenvalue weighted by Crippen LogP contribution is 2.15. The van der Waals surface area contributed by atoms with Crippen LogP contribution in [0.15, 0.2) is 24.3 Å². The number of hydrazine groups is 1. The Hall–Kier alpha value is -2.12. The number of ether oxygens (including phenoxy) is 2. The quantitative estimate of drug-likeness (QED) is 0.364. The molecule has 0 aliphatic carbocycles. The number of hydrogen-bond donors (Lipinski definition) is 3. The van der Waals surface area contributed by atoms with Gasteiger partial charge in [0.2, 0.25) is 5.91 Å². The molecular formula is C13H19N3O4. The van der Waals surface area contributed by atoms with Crippen molar-refractivity contribution in [2.75, 3.05) is 25.1 Å². The van der Waals surface area contributed by atoms with Crippen molar-refractivity contribution in [3.63, 3.8) is 0 Å². The molecule has 0 bridgehead atoms. The molecule has 0 aliphatic heterocycles. The molecule has 1 rings (SSSR count). The molecule has 0 aromatic heterocycles. The van der Waals surface area contributed by atoms with E-state index in [-0.39, 0.29) is 19.1 Å². The van der Waals surface area contributed by atoms with Crippen LogP contribution in [0.4, 0.5) is 5.69 Å². The van der Waals surface area contributed by atoms with Crippen LogP contribution in [0.1, 0.15) is 13.3 Å². The molecule has 7 nitrogen and oxygen atoms in total. The van der Waals surface area contributed by atoms with E-state index in [1.807, 2.05) is 12.3 Å². The standard InChI is InChI=1S/C13H19N3O4/c1-2-7-20-11-5-3-10(4-6-11)15-12(17)8-19-9-13(18)16-14/h3-6H,2,7-9,14H2,1H3,(H,15,17)(H,16,18). The van der Waals surface area contributed by atoms with Crippen molar-refractivity contribution in [2.45, 2.75) is 13.3 Å². The zero-order chi connectivity index (χ0) is 14.8. The number of benzene rings is 1. The topological polar surface area (TPSA) is 103 Å². The summed E-state index contributed by atoms with van der Waals surface area (Å²) in [5.41, 5.74) is 2.53. The second-order valence-corrected chi connectivity index (χ2v) is 3.98. The van der Waals surface area contributed by atoms with Crippen molar-refractivity contribution < 1.29 is 19.1 Å². The molecule has 0 fully saturated rings. The highest BCUT2D eigenvalue weighted by Gasteiger charge is 2.05. The normalized spacial score (nSPS) is 9.90. The number of carbonyl (C=O) groups is 2. The molecule has 0 saturated carbocycles. The van der Waals surface area contributed by atoms with Gasteiger partial charge in [-0.15, -0.1) is 0 Å². The molecule has 0 heterocycles. The smallest absolute Gasteiger partial charge is 0.259 e. The van der Waals surface area contributed by atoms with Crippen molar-refractivity contribution in [1.29, 1.82) is 0 Å². The number of rotatable bonds is 8. The van der Waals surface area contributed by atoms with Gasteiger partial charge < -0.3 is 14.8 Å². The van der Waals surface area contributed by atoms with E-state index in [2.05, 4.69) is 5.32 Å². The third-order valence-corrected chi connectivity index (χ3v) is 2.24. The lowest BCUT2D eigenvalue weighted by atomic mass is 10.3. The van der Waals surface area contributed by atoms with Crippen molar-refractivity contribution in [2.24, 2.45) is 5.84 Å². The van der Waals surface area contributed by atoms with Crippen LogP contribution in [0, 0.1) is 0 Å². The fourth-order valence-corrected chi connectivity index (χ4v) is 1.33. The SMILES string of the molecule is CCCOc1ccc(NC(=O)COCC(=O)NN)cc1. The highest BCUT2D eigenvalue weighted by atomic mass is 16.5.